The molecule has 0 bridgehead atoms. The summed E-state index contributed by atoms with van der Waals surface area (Å²) in [4.78, 5) is 28.1. The highest BCUT2D eigenvalue weighted by molar-refractivity contribution is 5.97. The number of carbonyl (C=O) groups is 2. The Bertz CT molecular complexity index is 804. The maximum absolute atomic E-state index is 12.9. The van der Waals surface area contributed by atoms with Crippen LogP contribution < -0.4 is 4.74 Å². The number of methoxy groups -OCH3 is 1. The van der Waals surface area contributed by atoms with Gasteiger partial charge in [-0.05, 0) is 38.2 Å². The molecule has 1 amide bonds. The molecular weight excluding hydrogens is 318 g/mol. The third kappa shape index (κ3) is 3.39. The van der Waals surface area contributed by atoms with Gasteiger partial charge in [-0.1, -0.05) is 0 Å². The van der Waals surface area contributed by atoms with E-state index in [2.05, 4.69) is 4.90 Å². The molecule has 0 atom stereocenters. The van der Waals surface area contributed by atoms with E-state index in [9.17, 15) is 9.59 Å². The van der Waals surface area contributed by atoms with Gasteiger partial charge in [-0.3, -0.25) is 14.2 Å². The molecule has 6 nitrogen and oxygen atoms in total. The molecule has 1 aliphatic rings. The van der Waals surface area contributed by atoms with E-state index >= 15 is 0 Å². The number of fused-ring (bicyclic) bond motifs is 1. The van der Waals surface area contributed by atoms with Crippen LogP contribution in [0.3, 0.4) is 0 Å². The molecule has 1 aromatic heterocycles. The number of likely N-dealkylation sites (tertiary alicyclic amines) is 1. The normalized spacial score (nSPS) is 14.8. The molecule has 2 aromatic rings. The van der Waals surface area contributed by atoms with Crippen molar-refractivity contribution in [3.8, 4) is 5.75 Å². The first-order chi connectivity index (χ1) is 11.9. The van der Waals surface area contributed by atoms with Crippen LogP contribution >= 0.6 is 0 Å². The summed E-state index contributed by atoms with van der Waals surface area (Å²) in [5.74, 6) is 0.673. The SMILES string of the molecule is COc1ccc2c(CCN(C)C)cn(C(=O)C3CN(C(C)=O)C3)c2c1. The van der Waals surface area contributed by atoms with Crippen molar-refractivity contribution in [2.45, 2.75) is 13.3 Å². The summed E-state index contributed by atoms with van der Waals surface area (Å²) in [5, 5.41) is 1.08. The second-order valence-corrected chi connectivity index (χ2v) is 6.92. The maximum atomic E-state index is 12.9. The van der Waals surface area contributed by atoms with E-state index in [1.165, 1.54) is 6.92 Å². The zero-order valence-corrected chi connectivity index (χ0v) is 15.3. The van der Waals surface area contributed by atoms with Gasteiger partial charge < -0.3 is 14.5 Å². The van der Waals surface area contributed by atoms with Crippen molar-refractivity contribution in [1.82, 2.24) is 14.4 Å². The van der Waals surface area contributed by atoms with Gasteiger partial charge in [-0.15, -0.1) is 0 Å². The number of ether oxygens (including phenoxy) is 1. The number of amides is 1. The van der Waals surface area contributed by atoms with E-state index in [4.69, 9.17) is 4.74 Å². The third-order valence-corrected chi connectivity index (χ3v) is 4.84. The van der Waals surface area contributed by atoms with Crippen LogP contribution in [-0.4, -0.2) is 67.0 Å². The quantitative estimate of drug-likeness (QED) is 0.832. The van der Waals surface area contributed by atoms with Crippen molar-refractivity contribution in [3.63, 3.8) is 0 Å². The molecule has 25 heavy (non-hydrogen) atoms. The van der Waals surface area contributed by atoms with Gasteiger partial charge >= 0.3 is 0 Å². The summed E-state index contributed by atoms with van der Waals surface area (Å²) in [6.45, 7) is 3.46. The summed E-state index contributed by atoms with van der Waals surface area (Å²) in [7, 11) is 5.70. The fourth-order valence-electron chi connectivity index (χ4n) is 3.22. The predicted octanol–water partition coefficient (Wildman–Crippen LogP) is 1.87. The number of hydrogen-bond acceptors (Lipinski definition) is 4. The van der Waals surface area contributed by atoms with Crippen LogP contribution in [0.25, 0.3) is 10.9 Å². The van der Waals surface area contributed by atoms with Crippen LogP contribution in [0.4, 0.5) is 0 Å². The topological polar surface area (TPSA) is 54.8 Å². The number of benzene rings is 1. The molecular formula is C19H25N3O3. The van der Waals surface area contributed by atoms with Crippen LogP contribution in [0.1, 0.15) is 17.3 Å². The van der Waals surface area contributed by atoms with Gasteiger partial charge in [-0.25, -0.2) is 0 Å². The summed E-state index contributed by atoms with van der Waals surface area (Å²) < 4.78 is 7.07. The molecule has 1 aliphatic heterocycles. The summed E-state index contributed by atoms with van der Waals surface area (Å²) in [6, 6.07) is 5.86. The number of likely N-dealkylation sites (N-methyl/N-ethyl adjacent to an activating group) is 1. The predicted molar refractivity (Wildman–Crippen MR) is 97.1 cm³/mol. The number of carbonyl (C=O) groups excluding carboxylic acids is 2. The number of rotatable bonds is 5. The van der Waals surface area contributed by atoms with E-state index in [-0.39, 0.29) is 17.7 Å². The lowest BCUT2D eigenvalue weighted by Crippen LogP contribution is -2.53. The number of aromatic nitrogens is 1. The third-order valence-electron chi connectivity index (χ3n) is 4.84. The van der Waals surface area contributed by atoms with Crippen molar-refractivity contribution in [3.05, 3.63) is 30.0 Å². The fourth-order valence-corrected chi connectivity index (χ4v) is 3.22. The average molecular weight is 343 g/mol. The van der Waals surface area contributed by atoms with Crippen molar-refractivity contribution in [2.75, 3.05) is 40.8 Å². The first-order valence-corrected chi connectivity index (χ1v) is 8.53. The molecule has 3 rings (SSSR count). The van der Waals surface area contributed by atoms with Crippen molar-refractivity contribution < 1.29 is 14.3 Å². The molecule has 0 N–H and O–H groups in total. The van der Waals surface area contributed by atoms with Gasteiger partial charge in [0.05, 0.1) is 18.5 Å². The molecule has 1 aromatic carbocycles. The Hall–Kier alpha value is -2.34. The first kappa shape index (κ1) is 17.5. The van der Waals surface area contributed by atoms with E-state index in [1.807, 2.05) is 38.5 Å². The number of nitrogens with zero attached hydrogens (tertiary/aromatic N) is 3. The minimum Gasteiger partial charge on any atom is -0.497 e. The second-order valence-electron chi connectivity index (χ2n) is 6.92. The Morgan fingerprint density at radius 3 is 2.60 bits per heavy atom. The lowest BCUT2D eigenvalue weighted by molar-refractivity contribution is -0.133. The lowest BCUT2D eigenvalue weighted by Gasteiger charge is -2.37. The van der Waals surface area contributed by atoms with Crippen molar-refractivity contribution in [2.24, 2.45) is 5.92 Å². The fraction of sp³-hybridized carbons (Fsp3) is 0.474. The average Bonchev–Trinajstić information content (AvgIpc) is 2.88. The molecule has 134 valence electrons. The highest BCUT2D eigenvalue weighted by Gasteiger charge is 2.35. The molecule has 0 saturated carbocycles. The summed E-state index contributed by atoms with van der Waals surface area (Å²) >= 11 is 0. The zero-order valence-electron chi connectivity index (χ0n) is 15.3. The van der Waals surface area contributed by atoms with Crippen LogP contribution in [-0.2, 0) is 11.2 Å². The monoisotopic (exact) mass is 343 g/mol. The van der Waals surface area contributed by atoms with Gasteiger partial charge in [0, 0.05) is 44.2 Å². The van der Waals surface area contributed by atoms with Gasteiger partial charge in [-0.2, -0.15) is 0 Å². The first-order valence-electron chi connectivity index (χ1n) is 8.53. The maximum Gasteiger partial charge on any atom is 0.237 e. The Labute approximate surface area is 147 Å². The molecule has 0 unspecified atom stereocenters. The second kappa shape index (κ2) is 6.88. The van der Waals surface area contributed by atoms with Crippen molar-refractivity contribution in [1.29, 1.82) is 0 Å². The molecule has 1 fully saturated rings. The van der Waals surface area contributed by atoms with E-state index < -0.39 is 0 Å². The Kier molecular flexibility index (Phi) is 4.81. The van der Waals surface area contributed by atoms with Crippen LogP contribution in [0.5, 0.6) is 5.75 Å². The molecule has 2 heterocycles. The lowest BCUT2D eigenvalue weighted by atomic mass is 9.99. The van der Waals surface area contributed by atoms with E-state index in [0.717, 1.165) is 35.2 Å². The van der Waals surface area contributed by atoms with Gasteiger partial charge in [0.1, 0.15) is 5.75 Å². The summed E-state index contributed by atoms with van der Waals surface area (Å²) in [5.41, 5.74) is 2.03. The minimum absolute atomic E-state index is 0.0229. The molecule has 1 saturated heterocycles. The van der Waals surface area contributed by atoms with Gasteiger partial charge in [0.15, 0.2) is 0 Å². The standard InChI is InChI=1S/C19H25N3O3/c1-13(23)21-10-15(11-21)19(24)22-12-14(7-8-20(2)3)17-6-5-16(25-4)9-18(17)22/h5-6,9,12,15H,7-8,10-11H2,1-4H3. The molecule has 0 radical (unpaired) electrons. The highest BCUT2D eigenvalue weighted by Crippen LogP contribution is 2.28. The Morgan fingerprint density at radius 1 is 1.28 bits per heavy atom. The largest absolute Gasteiger partial charge is 0.497 e. The minimum atomic E-state index is -0.132. The van der Waals surface area contributed by atoms with E-state index in [1.54, 1.807) is 16.6 Å². The highest BCUT2D eigenvalue weighted by atomic mass is 16.5. The Balaban J connectivity index is 1.93. The van der Waals surface area contributed by atoms with Crippen molar-refractivity contribution >= 4 is 22.7 Å². The number of hydrogen-bond donors (Lipinski definition) is 0. The zero-order chi connectivity index (χ0) is 18.1. The van der Waals surface area contributed by atoms with Crippen LogP contribution in [0.15, 0.2) is 24.4 Å². The smallest absolute Gasteiger partial charge is 0.237 e. The van der Waals surface area contributed by atoms with Gasteiger partial charge in [0.25, 0.3) is 0 Å². The van der Waals surface area contributed by atoms with Gasteiger partial charge in [0.2, 0.25) is 11.8 Å². The van der Waals surface area contributed by atoms with Crippen LogP contribution in [0.2, 0.25) is 0 Å². The molecule has 0 spiro atoms. The summed E-state index contributed by atoms with van der Waals surface area (Å²) in [6.07, 6.45) is 2.83. The molecule has 6 heteroatoms. The van der Waals surface area contributed by atoms with Crippen LogP contribution in [0, 0.1) is 5.92 Å². The van der Waals surface area contributed by atoms with E-state index in [0.29, 0.717) is 13.1 Å². The Morgan fingerprint density at radius 2 is 2.00 bits per heavy atom. The molecule has 0 aliphatic carbocycles.